The summed E-state index contributed by atoms with van der Waals surface area (Å²) in [6.45, 7) is 1.46. The Kier molecular flexibility index (Phi) is 3.22. The molecule has 1 heterocycles. The van der Waals surface area contributed by atoms with Crippen LogP contribution in [0.5, 0.6) is 0 Å². The van der Waals surface area contributed by atoms with Gasteiger partial charge in [0.05, 0.1) is 5.60 Å². The third kappa shape index (κ3) is 2.22. The summed E-state index contributed by atoms with van der Waals surface area (Å²) >= 11 is 0. The average molecular weight is 252 g/mol. The summed E-state index contributed by atoms with van der Waals surface area (Å²) in [7, 11) is 0. The molecule has 0 spiro atoms. The van der Waals surface area contributed by atoms with Crippen molar-refractivity contribution in [1.29, 1.82) is 0 Å². The molecule has 3 aliphatic rings. The largest absolute Gasteiger partial charge is 0.389 e. The molecule has 102 valence electrons. The van der Waals surface area contributed by atoms with E-state index in [0.29, 0.717) is 18.5 Å². The number of nitrogens with one attached hydrogen (secondary N) is 1. The van der Waals surface area contributed by atoms with Gasteiger partial charge in [-0.25, -0.2) is 4.79 Å². The minimum atomic E-state index is -0.481. The molecule has 0 bridgehead atoms. The van der Waals surface area contributed by atoms with E-state index in [1.54, 1.807) is 0 Å². The summed E-state index contributed by atoms with van der Waals surface area (Å²) in [5, 5.41) is 13.7. The van der Waals surface area contributed by atoms with Gasteiger partial charge in [-0.2, -0.15) is 0 Å². The molecule has 1 aliphatic heterocycles. The molecular weight excluding hydrogens is 228 g/mol. The second-order valence-corrected chi connectivity index (χ2v) is 6.32. The number of urea groups is 1. The third-order valence-electron chi connectivity index (χ3n) is 5.15. The summed E-state index contributed by atoms with van der Waals surface area (Å²) in [5.74, 6) is 0.298. The molecule has 4 nitrogen and oxygen atoms in total. The lowest BCUT2D eigenvalue weighted by molar-refractivity contribution is -0.0872. The first-order valence-corrected chi connectivity index (χ1v) is 7.45. The normalized spacial score (nSPS) is 36.7. The number of aliphatic hydroxyl groups is 1. The van der Waals surface area contributed by atoms with Gasteiger partial charge in [0.15, 0.2) is 0 Å². The Bertz CT molecular complexity index is 330. The number of hydrogen-bond donors (Lipinski definition) is 2. The number of fused-ring (bicyclic) bond motifs is 1. The molecule has 2 saturated carbocycles. The molecule has 3 fully saturated rings. The van der Waals surface area contributed by atoms with Gasteiger partial charge in [0.2, 0.25) is 0 Å². The van der Waals surface area contributed by atoms with Crippen LogP contribution in [0.2, 0.25) is 0 Å². The molecule has 0 radical (unpaired) electrons. The maximum Gasteiger partial charge on any atom is 0.317 e. The van der Waals surface area contributed by atoms with Crippen LogP contribution in [0.4, 0.5) is 4.79 Å². The van der Waals surface area contributed by atoms with E-state index in [1.165, 1.54) is 12.8 Å². The van der Waals surface area contributed by atoms with Gasteiger partial charge in [0.25, 0.3) is 0 Å². The van der Waals surface area contributed by atoms with Crippen molar-refractivity contribution in [3.63, 3.8) is 0 Å². The summed E-state index contributed by atoms with van der Waals surface area (Å²) < 4.78 is 0. The van der Waals surface area contributed by atoms with Crippen molar-refractivity contribution in [2.75, 3.05) is 13.1 Å². The predicted octanol–water partition coefficient (Wildman–Crippen LogP) is 1.88. The van der Waals surface area contributed by atoms with Crippen LogP contribution >= 0.6 is 0 Å². The zero-order chi connectivity index (χ0) is 12.6. The minimum Gasteiger partial charge on any atom is -0.389 e. The molecule has 2 aliphatic carbocycles. The Morgan fingerprint density at radius 2 is 2.00 bits per heavy atom. The molecule has 2 atom stereocenters. The van der Waals surface area contributed by atoms with Crippen molar-refractivity contribution >= 4 is 6.03 Å². The lowest BCUT2D eigenvalue weighted by atomic mass is 9.71. The van der Waals surface area contributed by atoms with Crippen molar-refractivity contribution < 1.29 is 9.90 Å². The van der Waals surface area contributed by atoms with Crippen LogP contribution in [0.1, 0.15) is 51.4 Å². The van der Waals surface area contributed by atoms with Crippen LogP contribution in [0.3, 0.4) is 0 Å². The Hall–Kier alpha value is -0.770. The van der Waals surface area contributed by atoms with Gasteiger partial charge in [0, 0.05) is 25.0 Å². The van der Waals surface area contributed by atoms with Crippen LogP contribution in [-0.2, 0) is 0 Å². The molecule has 2 amide bonds. The van der Waals surface area contributed by atoms with Gasteiger partial charge >= 0.3 is 6.03 Å². The lowest BCUT2D eigenvalue weighted by Gasteiger charge is -2.47. The SMILES string of the molecule is O=C(NC1CCC1)N1CCC2(O)CCCCC2C1. The topological polar surface area (TPSA) is 52.6 Å². The van der Waals surface area contributed by atoms with E-state index in [0.717, 1.165) is 45.1 Å². The summed E-state index contributed by atoms with van der Waals surface area (Å²) in [6.07, 6.45) is 8.61. The molecule has 3 rings (SSSR count). The van der Waals surface area contributed by atoms with Gasteiger partial charge in [-0.3, -0.25) is 0 Å². The van der Waals surface area contributed by atoms with Crippen LogP contribution in [-0.4, -0.2) is 40.8 Å². The van der Waals surface area contributed by atoms with Crippen molar-refractivity contribution in [2.45, 2.75) is 63.0 Å². The maximum atomic E-state index is 12.1. The molecule has 0 aromatic heterocycles. The summed E-state index contributed by atoms with van der Waals surface area (Å²) in [4.78, 5) is 14.0. The first kappa shape index (κ1) is 12.3. The highest BCUT2D eigenvalue weighted by atomic mass is 16.3. The van der Waals surface area contributed by atoms with E-state index in [9.17, 15) is 9.90 Å². The molecule has 4 heteroatoms. The molecule has 0 aromatic carbocycles. The van der Waals surface area contributed by atoms with Crippen molar-refractivity contribution in [3.8, 4) is 0 Å². The smallest absolute Gasteiger partial charge is 0.317 e. The van der Waals surface area contributed by atoms with E-state index in [-0.39, 0.29) is 6.03 Å². The Morgan fingerprint density at radius 1 is 1.17 bits per heavy atom. The van der Waals surface area contributed by atoms with Crippen molar-refractivity contribution in [1.82, 2.24) is 10.2 Å². The van der Waals surface area contributed by atoms with Crippen LogP contribution < -0.4 is 5.32 Å². The first-order chi connectivity index (χ1) is 8.67. The number of nitrogens with zero attached hydrogens (tertiary/aromatic N) is 1. The Balaban J connectivity index is 1.57. The van der Waals surface area contributed by atoms with Crippen LogP contribution in [0.25, 0.3) is 0 Å². The van der Waals surface area contributed by atoms with Gasteiger partial charge in [-0.05, 0) is 38.5 Å². The van der Waals surface area contributed by atoms with Crippen LogP contribution in [0.15, 0.2) is 0 Å². The van der Waals surface area contributed by atoms with Gasteiger partial charge < -0.3 is 15.3 Å². The number of piperidine rings is 1. The maximum absolute atomic E-state index is 12.1. The van der Waals surface area contributed by atoms with E-state index >= 15 is 0 Å². The van der Waals surface area contributed by atoms with Gasteiger partial charge in [0.1, 0.15) is 0 Å². The zero-order valence-electron chi connectivity index (χ0n) is 11.0. The van der Waals surface area contributed by atoms with Gasteiger partial charge in [-0.15, -0.1) is 0 Å². The van der Waals surface area contributed by atoms with Crippen molar-refractivity contribution in [3.05, 3.63) is 0 Å². The number of likely N-dealkylation sites (tertiary alicyclic amines) is 1. The first-order valence-electron chi connectivity index (χ1n) is 7.45. The highest BCUT2D eigenvalue weighted by molar-refractivity contribution is 5.74. The fourth-order valence-electron chi connectivity index (χ4n) is 3.57. The second kappa shape index (κ2) is 4.72. The molecule has 2 unspecified atom stereocenters. The highest BCUT2D eigenvalue weighted by Gasteiger charge is 2.43. The molecule has 2 N–H and O–H groups in total. The van der Waals surface area contributed by atoms with Crippen LogP contribution in [0, 0.1) is 5.92 Å². The molecular formula is C14H24N2O2. The monoisotopic (exact) mass is 252 g/mol. The quantitative estimate of drug-likeness (QED) is 0.748. The Labute approximate surface area is 109 Å². The number of hydrogen-bond acceptors (Lipinski definition) is 2. The number of amides is 2. The molecule has 1 saturated heterocycles. The lowest BCUT2D eigenvalue weighted by Crippen LogP contribution is -2.57. The average Bonchev–Trinajstić information content (AvgIpc) is 2.32. The number of carbonyl (C=O) groups is 1. The standard InChI is InChI=1S/C14H24N2O2/c17-13(15-12-5-3-6-12)16-9-8-14(18)7-2-1-4-11(14)10-16/h11-12,18H,1-10H2,(H,15,17). The Morgan fingerprint density at radius 3 is 2.72 bits per heavy atom. The summed E-state index contributed by atoms with van der Waals surface area (Å²) in [5.41, 5.74) is -0.481. The minimum absolute atomic E-state index is 0.0901. The highest BCUT2D eigenvalue weighted by Crippen LogP contribution is 2.39. The van der Waals surface area contributed by atoms with Crippen molar-refractivity contribution in [2.24, 2.45) is 5.92 Å². The number of carbonyl (C=O) groups excluding carboxylic acids is 1. The summed E-state index contributed by atoms with van der Waals surface area (Å²) in [6, 6.07) is 0.497. The van der Waals surface area contributed by atoms with E-state index in [1.807, 2.05) is 4.90 Å². The second-order valence-electron chi connectivity index (χ2n) is 6.32. The predicted molar refractivity (Wildman–Crippen MR) is 69.3 cm³/mol. The van der Waals surface area contributed by atoms with E-state index < -0.39 is 5.60 Å². The third-order valence-corrected chi connectivity index (χ3v) is 5.15. The zero-order valence-corrected chi connectivity index (χ0v) is 11.0. The number of rotatable bonds is 1. The van der Waals surface area contributed by atoms with Gasteiger partial charge in [-0.1, -0.05) is 12.8 Å². The van der Waals surface area contributed by atoms with E-state index in [4.69, 9.17) is 0 Å². The fraction of sp³-hybridized carbons (Fsp3) is 0.929. The molecule has 18 heavy (non-hydrogen) atoms. The van der Waals surface area contributed by atoms with E-state index in [2.05, 4.69) is 5.32 Å². The fourth-order valence-corrected chi connectivity index (χ4v) is 3.57. The molecule has 0 aromatic rings.